The molecule has 1 aromatic rings. The van der Waals surface area contributed by atoms with E-state index in [1.165, 1.54) is 0 Å². The first-order valence-corrected chi connectivity index (χ1v) is 5.81. The highest BCUT2D eigenvalue weighted by molar-refractivity contribution is 5.98. The van der Waals surface area contributed by atoms with E-state index in [1.807, 2.05) is 43.3 Å². The Morgan fingerprint density at radius 2 is 1.74 bits per heavy atom. The van der Waals surface area contributed by atoms with Gasteiger partial charge in [0, 0.05) is 40.1 Å². The fourth-order valence-corrected chi connectivity index (χ4v) is 1.24. The van der Waals surface area contributed by atoms with Gasteiger partial charge in [-0.05, 0) is 17.7 Å². The van der Waals surface area contributed by atoms with Crippen LogP contribution in [0, 0.1) is 5.41 Å². The molecule has 0 aliphatic heterocycles. The van der Waals surface area contributed by atoms with Crippen LogP contribution < -0.4 is 10.6 Å². The number of nitrogens with two attached hydrogens (primary N) is 1. The van der Waals surface area contributed by atoms with Gasteiger partial charge in [-0.2, -0.15) is 4.99 Å². The second kappa shape index (κ2) is 6.53. The summed E-state index contributed by atoms with van der Waals surface area (Å²) < 4.78 is 0. The number of anilines is 1. The summed E-state index contributed by atoms with van der Waals surface area (Å²) in [4.78, 5) is 11.4. The molecule has 0 aliphatic carbocycles. The van der Waals surface area contributed by atoms with Gasteiger partial charge in [-0.3, -0.25) is 5.41 Å². The van der Waals surface area contributed by atoms with Gasteiger partial charge < -0.3 is 15.5 Å². The Bertz CT molecular complexity index is 484. The Morgan fingerprint density at radius 1 is 1.16 bits per heavy atom. The highest BCUT2D eigenvalue weighted by Gasteiger charge is 1.97. The lowest BCUT2D eigenvalue weighted by atomic mass is 10.2. The molecule has 0 atom stereocenters. The second-order valence-electron chi connectivity index (χ2n) is 4.43. The van der Waals surface area contributed by atoms with Crippen LogP contribution in [0.5, 0.6) is 0 Å². The molecule has 0 amide bonds. The Morgan fingerprint density at radius 3 is 2.21 bits per heavy atom. The van der Waals surface area contributed by atoms with Crippen molar-refractivity contribution in [3.63, 3.8) is 0 Å². The lowest BCUT2D eigenvalue weighted by Crippen LogP contribution is -2.22. The van der Waals surface area contributed by atoms with E-state index in [0.29, 0.717) is 0 Å². The quantitative estimate of drug-likeness (QED) is 0.614. The third-order valence-electron chi connectivity index (χ3n) is 2.40. The number of aliphatic imine (C=N–C) groups is 2. The zero-order valence-electron chi connectivity index (χ0n) is 11.8. The molecule has 0 aliphatic rings. The highest BCUT2D eigenvalue weighted by Crippen LogP contribution is 2.10. The maximum Gasteiger partial charge on any atom is 0.223 e. The molecule has 0 spiro atoms. The lowest BCUT2D eigenvalue weighted by molar-refractivity contribution is 0.609. The first kappa shape index (κ1) is 14.7. The number of benzene rings is 1. The van der Waals surface area contributed by atoms with Crippen molar-refractivity contribution in [2.24, 2.45) is 15.7 Å². The van der Waals surface area contributed by atoms with Crippen LogP contribution in [0.15, 0.2) is 34.3 Å². The van der Waals surface area contributed by atoms with Crippen molar-refractivity contribution in [1.82, 2.24) is 4.90 Å². The SMILES string of the molecule is CN(C)C(=N)/N=C(N)/N=C/c1ccc(N(C)C)cc1. The monoisotopic (exact) mass is 260 g/mol. The predicted molar refractivity (Wildman–Crippen MR) is 81.4 cm³/mol. The van der Waals surface area contributed by atoms with Crippen molar-refractivity contribution in [3.8, 4) is 0 Å². The molecule has 102 valence electrons. The average Bonchev–Trinajstić information content (AvgIpc) is 2.36. The zero-order valence-corrected chi connectivity index (χ0v) is 11.8. The topological polar surface area (TPSA) is 81.1 Å². The smallest absolute Gasteiger partial charge is 0.223 e. The van der Waals surface area contributed by atoms with Crippen molar-refractivity contribution in [1.29, 1.82) is 5.41 Å². The molecule has 19 heavy (non-hydrogen) atoms. The Hall–Kier alpha value is -2.37. The van der Waals surface area contributed by atoms with Gasteiger partial charge in [0.25, 0.3) is 0 Å². The first-order chi connectivity index (χ1) is 8.90. The summed E-state index contributed by atoms with van der Waals surface area (Å²) >= 11 is 0. The zero-order chi connectivity index (χ0) is 14.4. The lowest BCUT2D eigenvalue weighted by Gasteiger charge is -2.11. The van der Waals surface area contributed by atoms with Gasteiger partial charge in [0.05, 0.1) is 0 Å². The molecule has 3 N–H and O–H groups in total. The van der Waals surface area contributed by atoms with E-state index in [-0.39, 0.29) is 11.9 Å². The van der Waals surface area contributed by atoms with Crippen molar-refractivity contribution >= 4 is 23.8 Å². The number of nitrogens with zero attached hydrogens (tertiary/aromatic N) is 4. The average molecular weight is 260 g/mol. The van der Waals surface area contributed by atoms with Gasteiger partial charge in [-0.1, -0.05) is 12.1 Å². The van der Waals surface area contributed by atoms with Crippen molar-refractivity contribution in [3.05, 3.63) is 29.8 Å². The van der Waals surface area contributed by atoms with Gasteiger partial charge in [-0.15, -0.1) is 0 Å². The molecule has 0 fully saturated rings. The fraction of sp³-hybridized carbons (Fsp3) is 0.308. The first-order valence-electron chi connectivity index (χ1n) is 5.81. The van der Waals surface area contributed by atoms with Crippen molar-refractivity contribution in [2.45, 2.75) is 0 Å². The van der Waals surface area contributed by atoms with E-state index in [9.17, 15) is 0 Å². The second-order valence-corrected chi connectivity index (χ2v) is 4.43. The van der Waals surface area contributed by atoms with Gasteiger partial charge >= 0.3 is 0 Å². The minimum absolute atomic E-state index is 0.0652. The maximum atomic E-state index is 7.51. The molecule has 1 rings (SSSR count). The van der Waals surface area contributed by atoms with E-state index in [1.54, 1.807) is 25.2 Å². The summed E-state index contributed by atoms with van der Waals surface area (Å²) in [5.41, 5.74) is 7.66. The third kappa shape index (κ3) is 4.79. The van der Waals surface area contributed by atoms with Crippen LogP contribution in [0.1, 0.15) is 5.56 Å². The van der Waals surface area contributed by atoms with E-state index >= 15 is 0 Å². The van der Waals surface area contributed by atoms with Gasteiger partial charge in [0.1, 0.15) is 0 Å². The maximum absolute atomic E-state index is 7.51. The standard InChI is InChI=1S/C13H20N6/c1-18(2)11-7-5-10(6-8-11)9-16-12(14)17-13(15)19(3)4/h5-9H,1-4H3,(H3,14,15,17)/b16-9+. The minimum atomic E-state index is 0.0652. The number of rotatable bonds is 2. The summed E-state index contributed by atoms with van der Waals surface area (Å²) in [5, 5.41) is 7.51. The van der Waals surface area contributed by atoms with Crippen LogP contribution in [-0.4, -0.2) is 51.2 Å². The van der Waals surface area contributed by atoms with Crippen LogP contribution >= 0.6 is 0 Å². The minimum Gasteiger partial charge on any atom is -0.378 e. The van der Waals surface area contributed by atoms with Crippen LogP contribution in [0.3, 0.4) is 0 Å². The fourth-order valence-electron chi connectivity index (χ4n) is 1.24. The molecule has 6 heteroatoms. The highest BCUT2D eigenvalue weighted by atomic mass is 15.2. The van der Waals surface area contributed by atoms with Gasteiger partial charge in [0.15, 0.2) is 0 Å². The Balaban J connectivity index is 2.73. The Labute approximate surface area is 113 Å². The molecule has 0 heterocycles. The summed E-state index contributed by atoms with van der Waals surface area (Å²) in [6.45, 7) is 0. The number of nitrogens with one attached hydrogen (secondary N) is 1. The normalized spacial score (nSPS) is 11.7. The van der Waals surface area contributed by atoms with E-state index in [4.69, 9.17) is 11.1 Å². The summed E-state index contributed by atoms with van der Waals surface area (Å²) in [7, 11) is 7.42. The summed E-state index contributed by atoms with van der Waals surface area (Å²) in [5.74, 6) is 0.132. The molecule has 0 saturated heterocycles. The summed E-state index contributed by atoms with van der Waals surface area (Å²) in [6, 6.07) is 7.89. The van der Waals surface area contributed by atoms with Crippen LogP contribution in [0.2, 0.25) is 0 Å². The van der Waals surface area contributed by atoms with Crippen LogP contribution in [-0.2, 0) is 0 Å². The largest absolute Gasteiger partial charge is 0.378 e. The third-order valence-corrected chi connectivity index (χ3v) is 2.40. The van der Waals surface area contributed by atoms with Crippen LogP contribution in [0.25, 0.3) is 0 Å². The summed E-state index contributed by atoms with van der Waals surface area (Å²) in [6.07, 6.45) is 1.63. The predicted octanol–water partition coefficient (Wildman–Crippen LogP) is 0.983. The molecule has 0 unspecified atom stereocenters. The molecular formula is C13H20N6. The van der Waals surface area contributed by atoms with Gasteiger partial charge in [0.2, 0.25) is 11.9 Å². The van der Waals surface area contributed by atoms with Crippen LogP contribution in [0.4, 0.5) is 5.69 Å². The molecule has 0 bridgehead atoms. The van der Waals surface area contributed by atoms with Crippen molar-refractivity contribution < 1.29 is 0 Å². The Kier molecular flexibility index (Phi) is 5.05. The van der Waals surface area contributed by atoms with E-state index in [2.05, 4.69) is 9.98 Å². The number of hydrogen-bond acceptors (Lipinski definition) is 2. The molecule has 0 saturated carbocycles. The molecule has 6 nitrogen and oxygen atoms in total. The molecule has 0 radical (unpaired) electrons. The molecule has 1 aromatic carbocycles. The number of guanidine groups is 2. The van der Waals surface area contributed by atoms with Crippen molar-refractivity contribution in [2.75, 3.05) is 33.1 Å². The molecular weight excluding hydrogens is 240 g/mol. The number of hydrogen-bond donors (Lipinski definition) is 2. The van der Waals surface area contributed by atoms with E-state index in [0.717, 1.165) is 11.3 Å². The molecule has 0 aromatic heterocycles. The van der Waals surface area contributed by atoms with E-state index < -0.39 is 0 Å². The van der Waals surface area contributed by atoms with Gasteiger partial charge in [-0.25, -0.2) is 4.99 Å².